The first kappa shape index (κ1) is 15.1. The predicted molar refractivity (Wildman–Crippen MR) is 74.1 cm³/mol. The molecule has 1 saturated heterocycles. The fourth-order valence-corrected chi connectivity index (χ4v) is 3.42. The van der Waals surface area contributed by atoms with Crippen LogP contribution in [0, 0.1) is 0 Å². The van der Waals surface area contributed by atoms with E-state index in [0.717, 1.165) is 18.1 Å². The van der Waals surface area contributed by atoms with Crippen LogP contribution in [0.5, 0.6) is 0 Å². The predicted octanol–water partition coefficient (Wildman–Crippen LogP) is -0.323. The van der Waals surface area contributed by atoms with Crippen molar-refractivity contribution in [2.75, 3.05) is 13.2 Å². The Morgan fingerprint density at radius 3 is 2.84 bits per heavy atom. The molecule has 0 radical (unpaired) electrons. The highest BCUT2D eigenvalue weighted by Gasteiger charge is 2.47. The second kappa shape index (κ2) is 6.90. The van der Waals surface area contributed by atoms with Gasteiger partial charge >= 0.3 is 0 Å². The molecule has 0 aromatic heterocycles. The van der Waals surface area contributed by atoms with E-state index in [1.165, 1.54) is 11.8 Å². The number of fused-ring (bicyclic) bond motifs is 1. The molecule has 110 valence electrons. The number of amidine groups is 1. The third-order valence-electron chi connectivity index (χ3n) is 3.34. The number of rotatable bonds is 5. The smallest absolute Gasteiger partial charge is 0.159 e. The van der Waals surface area contributed by atoms with Gasteiger partial charge < -0.3 is 25.4 Å². The third-order valence-corrected chi connectivity index (χ3v) is 4.43. The lowest BCUT2D eigenvalue weighted by Gasteiger charge is -2.38. The largest absolute Gasteiger partial charge is 0.396 e. The zero-order valence-electron chi connectivity index (χ0n) is 11.0. The Hall–Kier alpha value is -0.340. The second-order valence-corrected chi connectivity index (χ2v) is 5.95. The van der Waals surface area contributed by atoms with Gasteiger partial charge in [0.25, 0.3) is 0 Å². The van der Waals surface area contributed by atoms with E-state index in [4.69, 9.17) is 9.84 Å². The van der Waals surface area contributed by atoms with Crippen molar-refractivity contribution in [3.05, 3.63) is 0 Å². The van der Waals surface area contributed by atoms with E-state index in [2.05, 4.69) is 17.2 Å². The van der Waals surface area contributed by atoms with Crippen molar-refractivity contribution >= 4 is 16.9 Å². The molecule has 6 nitrogen and oxygen atoms in total. The zero-order chi connectivity index (χ0) is 13.8. The molecule has 0 aromatic rings. The van der Waals surface area contributed by atoms with E-state index in [-0.39, 0.29) is 12.0 Å². The van der Waals surface area contributed by atoms with Gasteiger partial charge in [-0.1, -0.05) is 18.7 Å². The van der Waals surface area contributed by atoms with E-state index in [1.807, 2.05) is 0 Å². The van der Waals surface area contributed by atoms with Crippen molar-refractivity contribution in [2.45, 2.75) is 56.0 Å². The number of hydrogen-bond donors (Lipinski definition) is 4. The summed E-state index contributed by atoms with van der Waals surface area (Å²) in [6.07, 6.45) is -0.190. The summed E-state index contributed by atoms with van der Waals surface area (Å²) < 4.78 is 5.79. The minimum absolute atomic E-state index is 0.0592. The number of nitrogens with zero attached hydrogens (tertiary/aromatic N) is 1. The van der Waals surface area contributed by atoms with E-state index in [9.17, 15) is 10.2 Å². The molecular weight excluding hydrogens is 268 g/mol. The minimum Gasteiger partial charge on any atom is -0.396 e. The van der Waals surface area contributed by atoms with Crippen molar-refractivity contribution in [1.29, 1.82) is 0 Å². The molecule has 2 aliphatic rings. The Morgan fingerprint density at radius 2 is 2.16 bits per heavy atom. The first-order valence-electron chi connectivity index (χ1n) is 6.78. The molecule has 2 heterocycles. The number of nitrogens with one attached hydrogen (secondary N) is 1. The summed E-state index contributed by atoms with van der Waals surface area (Å²) in [5.74, 6) is 0. The molecule has 2 aliphatic heterocycles. The zero-order valence-corrected chi connectivity index (χ0v) is 11.8. The van der Waals surface area contributed by atoms with E-state index < -0.39 is 24.4 Å². The average molecular weight is 290 g/mol. The number of aliphatic hydroxyl groups is 3. The molecule has 1 fully saturated rings. The maximum atomic E-state index is 10.1. The number of aliphatic imine (C=N–C) groups is 1. The lowest BCUT2D eigenvalue weighted by molar-refractivity contribution is -0.155. The van der Waals surface area contributed by atoms with Crippen LogP contribution in [-0.2, 0) is 4.74 Å². The second-order valence-electron chi connectivity index (χ2n) is 4.86. The molecule has 5 atom stereocenters. The Balaban J connectivity index is 1.96. The Bertz CT molecular complexity index is 329. The van der Waals surface area contributed by atoms with Crippen LogP contribution < -0.4 is 5.32 Å². The van der Waals surface area contributed by atoms with Crippen LogP contribution in [0.15, 0.2) is 4.99 Å². The average Bonchev–Trinajstić information content (AvgIpc) is 2.82. The van der Waals surface area contributed by atoms with Gasteiger partial charge in [0.05, 0.1) is 6.10 Å². The molecule has 19 heavy (non-hydrogen) atoms. The molecule has 2 rings (SSSR count). The first-order chi connectivity index (χ1) is 9.17. The maximum Gasteiger partial charge on any atom is 0.159 e. The van der Waals surface area contributed by atoms with Gasteiger partial charge in [0.15, 0.2) is 5.17 Å². The normalized spacial score (nSPS) is 37.9. The summed E-state index contributed by atoms with van der Waals surface area (Å²) in [6.45, 7) is 2.96. The maximum absolute atomic E-state index is 10.1. The summed E-state index contributed by atoms with van der Waals surface area (Å²) in [4.78, 5) is 4.38. The third kappa shape index (κ3) is 3.41. The molecule has 7 heteroatoms. The summed E-state index contributed by atoms with van der Waals surface area (Å²) in [5, 5.41) is 32.9. The molecule has 4 N–H and O–H groups in total. The lowest BCUT2D eigenvalue weighted by Crippen LogP contribution is -2.54. The van der Waals surface area contributed by atoms with Gasteiger partial charge in [-0.05, 0) is 19.3 Å². The monoisotopic (exact) mass is 290 g/mol. The summed E-state index contributed by atoms with van der Waals surface area (Å²) in [7, 11) is 0. The van der Waals surface area contributed by atoms with Crippen molar-refractivity contribution < 1.29 is 20.1 Å². The van der Waals surface area contributed by atoms with Gasteiger partial charge in [-0.3, -0.25) is 4.99 Å². The Labute approximate surface area is 117 Å². The summed E-state index contributed by atoms with van der Waals surface area (Å²) in [5.41, 5.74) is -0.249. The van der Waals surface area contributed by atoms with Crippen LogP contribution >= 0.6 is 11.8 Å². The number of ether oxygens (including phenoxy) is 1. The van der Waals surface area contributed by atoms with E-state index in [1.54, 1.807) is 0 Å². The SMILES string of the molecule is CCCNC1=N[C@@H]2[C@@H](O)[C@H](O)[C@@H](CCCO)O[C@@H]2S1. The van der Waals surface area contributed by atoms with E-state index >= 15 is 0 Å². The molecule has 0 spiro atoms. The van der Waals surface area contributed by atoms with Crippen molar-refractivity contribution in [3.8, 4) is 0 Å². The highest BCUT2D eigenvalue weighted by molar-refractivity contribution is 8.14. The quantitative estimate of drug-likeness (QED) is 0.554. The Morgan fingerprint density at radius 1 is 1.37 bits per heavy atom. The molecule has 0 saturated carbocycles. The summed E-state index contributed by atoms with van der Waals surface area (Å²) >= 11 is 1.46. The van der Waals surface area contributed by atoms with Crippen molar-refractivity contribution in [1.82, 2.24) is 5.32 Å². The van der Waals surface area contributed by atoms with Gasteiger partial charge in [-0.15, -0.1) is 0 Å². The molecule has 0 aromatic carbocycles. The van der Waals surface area contributed by atoms with Gasteiger partial charge in [0, 0.05) is 13.2 Å². The molecule has 0 aliphatic carbocycles. The van der Waals surface area contributed by atoms with Crippen LogP contribution in [0.25, 0.3) is 0 Å². The van der Waals surface area contributed by atoms with Gasteiger partial charge in [-0.25, -0.2) is 0 Å². The molecule has 0 unspecified atom stereocenters. The van der Waals surface area contributed by atoms with Crippen LogP contribution in [0.1, 0.15) is 26.2 Å². The van der Waals surface area contributed by atoms with Crippen LogP contribution in [0.2, 0.25) is 0 Å². The number of thioether (sulfide) groups is 1. The standard InChI is InChI=1S/C12H22N2O4S/c1-2-5-13-12-14-8-10(17)9(16)7(4-3-6-15)18-11(8)19-12/h7-11,15-17H,2-6H2,1H3,(H,13,14)/t7-,8-,9-,10-,11-/m1/s1. The highest BCUT2D eigenvalue weighted by atomic mass is 32.2. The summed E-state index contributed by atoms with van der Waals surface area (Å²) in [6, 6.07) is -0.412. The molecule has 0 bridgehead atoms. The number of hydrogen-bond acceptors (Lipinski definition) is 7. The highest BCUT2D eigenvalue weighted by Crippen LogP contribution is 2.36. The van der Waals surface area contributed by atoms with E-state index in [0.29, 0.717) is 12.8 Å². The minimum atomic E-state index is -0.942. The lowest BCUT2D eigenvalue weighted by atomic mass is 9.95. The molecule has 0 amide bonds. The van der Waals surface area contributed by atoms with Crippen LogP contribution in [0.3, 0.4) is 0 Å². The van der Waals surface area contributed by atoms with Crippen molar-refractivity contribution in [3.63, 3.8) is 0 Å². The number of aliphatic hydroxyl groups excluding tert-OH is 3. The topological polar surface area (TPSA) is 94.3 Å². The fourth-order valence-electron chi connectivity index (χ4n) is 2.28. The Kier molecular flexibility index (Phi) is 5.47. The van der Waals surface area contributed by atoms with Gasteiger partial charge in [-0.2, -0.15) is 0 Å². The van der Waals surface area contributed by atoms with Gasteiger partial charge in [0.2, 0.25) is 0 Å². The molecular formula is C12H22N2O4S. The van der Waals surface area contributed by atoms with Gasteiger partial charge in [0.1, 0.15) is 23.7 Å². The fraction of sp³-hybridized carbons (Fsp3) is 0.917. The first-order valence-corrected chi connectivity index (χ1v) is 7.66. The van der Waals surface area contributed by atoms with Crippen LogP contribution in [0.4, 0.5) is 0 Å². The van der Waals surface area contributed by atoms with Crippen LogP contribution in [-0.4, -0.2) is 63.4 Å². The van der Waals surface area contributed by atoms with Crippen molar-refractivity contribution in [2.24, 2.45) is 4.99 Å².